The van der Waals surface area contributed by atoms with Crippen molar-refractivity contribution in [1.29, 1.82) is 0 Å². The maximum absolute atomic E-state index is 12.0. The molecule has 1 fully saturated rings. The SMILES string of the molecule is CC(=O)NC1[C@H](OCCCNC(=O)C(F)(F)F)OC(CO)[C@@H](O)[C@@H]1O. The summed E-state index contributed by atoms with van der Waals surface area (Å²) in [6.45, 7) is 0.0673. The third-order valence-electron chi connectivity index (χ3n) is 3.40. The van der Waals surface area contributed by atoms with E-state index in [2.05, 4.69) is 5.32 Å². The second kappa shape index (κ2) is 9.29. The summed E-state index contributed by atoms with van der Waals surface area (Å²) < 4.78 is 46.5. The van der Waals surface area contributed by atoms with Crippen molar-refractivity contribution in [3.05, 3.63) is 0 Å². The Morgan fingerprint density at radius 1 is 1.24 bits per heavy atom. The summed E-state index contributed by atoms with van der Waals surface area (Å²) in [5, 5.41) is 32.9. The quantitative estimate of drug-likeness (QED) is 0.326. The highest BCUT2D eigenvalue weighted by atomic mass is 19.4. The number of carbonyl (C=O) groups is 2. The summed E-state index contributed by atoms with van der Waals surface area (Å²) >= 11 is 0. The summed E-state index contributed by atoms with van der Waals surface area (Å²) in [5.41, 5.74) is 0. The second-order valence-electron chi connectivity index (χ2n) is 5.41. The molecule has 5 N–H and O–H groups in total. The van der Waals surface area contributed by atoms with Gasteiger partial charge in [0.15, 0.2) is 6.29 Å². The average Bonchev–Trinajstić information content (AvgIpc) is 2.51. The van der Waals surface area contributed by atoms with E-state index in [1.54, 1.807) is 5.32 Å². The summed E-state index contributed by atoms with van der Waals surface area (Å²) in [4.78, 5) is 21.8. The number of halogens is 3. The molecule has 2 amide bonds. The lowest BCUT2D eigenvalue weighted by atomic mass is 9.97. The van der Waals surface area contributed by atoms with E-state index in [4.69, 9.17) is 14.6 Å². The highest BCUT2D eigenvalue weighted by molar-refractivity contribution is 5.81. The molecule has 146 valence electrons. The van der Waals surface area contributed by atoms with Crippen LogP contribution < -0.4 is 10.6 Å². The molecule has 0 aliphatic carbocycles. The first-order valence-electron chi connectivity index (χ1n) is 7.44. The Morgan fingerprint density at radius 3 is 2.40 bits per heavy atom. The Balaban J connectivity index is 2.52. The van der Waals surface area contributed by atoms with Gasteiger partial charge in [0.2, 0.25) is 5.91 Å². The molecule has 1 aliphatic heterocycles. The molecule has 25 heavy (non-hydrogen) atoms. The number of rotatable bonds is 7. The van der Waals surface area contributed by atoms with E-state index < -0.39 is 55.2 Å². The number of nitrogens with one attached hydrogen (secondary N) is 2. The summed E-state index contributed by atoms with van der Waals surface area (Å²) in [6, 6.07) is -1.14. The fourth-order valence-electron chi connectivity index (χ4n) is 2.19. The molecule has 1 saturated heterocycles. The highest BCUT2D eigenvalue weighted by Crippen LogP contribution is 2.22. The first-order chi connectivity index (χ1) is 11.6. The molecule has 2 unspecified atom stereocenters. The van der Waals surface area contributed by atoms with Crippen LogP contribution in [0.3, 0.4) is 0 Å². The van der Waals surface area contributed by atoms with Crippen LogP contribution in [0, 0.1) is 0 Å². The van der Waals surface area contributed by atoms with Crippen LogP contribution in [0.1, 0.15) is 13.3 Å². The standard InChI is InChI=1S/C13H21F3N2O7/c1-6(20)18-8-10(22)9(21)7(5-19)25-11(8)24-4-2-3-17-12(23)13(14,15)16/h7-11,19,21-22H,2-5H2,1H3,(H,17,23)(H,18,20)/t7?,8?,9-,10-,11-/m1/s1. The van der Waals surface area contributed by atoms with Crippen LogP contribution in [0.2, 0.25) is 0 Å². The molecule has 1 aliphatic rings. The maximum atomic E-state index is 12.0. The van der Waals surface area contributed by atoms with E-state index in [1.165, 1.54) is 6.92 Å². The van der Waals surface area contributed by atoms with Gasteiger partial charge in [0.05, 0.1) is 13.2 Å². The van der Waals surface area contributed by atoms with Gasteiger partial charge in [-0.1, -0.05) is 0 Å². The number of ether oxygens (including phenoxy) is 2. The minimum Gasteiger partial charge on any atom is -0.394 e. The number of alkyl halides is 3. The lowest BCUT2D eigenvalue weighted by Crippen LogP contribution is -2.64. The van der Waals surface area contributed by atoms with E-state index in [0.717, 1.165) is 0 Å². The largest absolute Gasteiger partial charge is 0.471 e. The number of amides is 2. The number of aliphatic hydroxyl groups is 3. The summed E-state index contributed by atoms with van der Waals surface area (Å²) in [6.07, 6.45) is -10.3. The van der Waals surface area contributed by atoms with Crippen molar-refractivity contribution in [2.45, 2.75) is 50.2 Å². The number of aliphatic hydroxyl groups excluding tert-OH is 3. The molecule has 0 aromatic carbocycles. The van der Waals surface area contributed by atoms with Crippen molar-refractivity contribution < 1.29 is 47.6 Å². The van der Waals surface area contributed by atoms with Gasteiger partial charge >= 0.3 is 12.1 Å². The molecule has 1 rings (SSSR count). The fraction of sp³-hybridized carbons (Fsp3) is 0.846. The van der Waals surface area contributed by atoms with Crippen LogP contribution in [0.15, 0.2) is 0 Å². The van der Waals surface area contributed by atoms with Crippen molar-refractivity contribution in [3.63, 3.8) is 0 Å². The van der Waals surface area contributed by atoms with Crippen LogP contribution in [-0.2, 0) is 19.1 Å². The fourth-order valence-corrected chi connectivity index (χ4v) is 2.19. The van der Waals surface area contributed by atoms with E-state index in [9.17, 15) is 33.0 Å². The zero-order valence-electron chi connectivity index (χ0n) is 13.3. The predicted molar refractivity (Wildman–Crippen MR) is 75.0 cm³/mol. The minimum absolute atomic E-state index is 0.00306. The van der Waals surface area contributed by atoms with Gasteiger partial charge in [0.25, 0.3) is 0 Å². The normalized spacial score (nSPS) is 30.0. The Hall–Kier alpha value is -1.47. The van der Waals surface area contributed by atoms with Gasteiger partial charge in [-0.15, -0.1) is 0 Å². The van der Waals surface area contributed by atoms with E-state index in [-0.39, 0.29) is 19.6 Å². The number of hydrogen-bond donors (Lipinski definition) is 5. The minimum atomic E-state index is -4.97. The van der Waals surface area contributed by atoms with Crippen molar-refractivity contribution in [3.8, 4) is 0 Å². The molecule has 0 saturated carbocycles. The Labute approximate surface area is 141 Å². The smallest absolute Gasteiger partial charge is 0.394 e. The molecule has 0 aromatic rings. The van der Waals surface area contributed by atoms with Crippen molar-refractivity contribution in [2.75, 3.05) is 19.8 Å². The van der Waals surface area contributed by atoms with Gasteiger partial charge < -0.3 is 35.4 Å². The summed E-state index contributed by atoms with van der Waals surface area (Å²) in [5.74, 6) is -2.61. The van der Waals surface area contributed by atoms with E-state index in [0.29, 0.717) is 0 Å². The van der Waals surface area contributed by atoms with Crippen LogP contribution in [0.25, 0.3) is 0 Å². The molecule has 0 radical (unpaired) electrons. The van der Waals surface area contributed by atoms with E-state index >= 15 is 0 Å². The van der Waals surface area contributed by atoms with Gasteiger partial charge in [-0.3, -0.25) is 9.59 Å². The third-order valence-corrected chi connectivity index (χ3v) is 3.40. The zero-order valence-corrected chi connectivity index (χ0v) is 13.3. The maximum Gasteiger partial charge on any atom is 0.471 e. The Kier molecular flexibility index (Phi) is 8.02. The topological polar surface area (TPSA) is 137 Å². The Morgan fingerprint density at radius 2 is 1.88 bits per heavy atom. The molecule has 1 heterocycles. The van der Waals surface area contributed by atoms with Crippen LogP contribution in [-0.4, -0.2) is 83.7 Å². The number of carbonyl (C=O) groups excluding carboxylic acids is 2. The van der Waals surface area contributed by atoms with Crippen molar-refractivity contribution in [1.82, 2.24) is 10.6 Å². The van der Waals surface area contributed by atoms with Crippen LogP contribution >= 0.6 is 0 Å². The van der Waals surface area contributed by atoms with Gasteiger partial charge in [-0.05, 0) is 6.42 Å². The second-order valence-corrected chi connectivity index (χ2v) is 5.41. The van der Waals surface area contributed by atoms with Gasteiger partial charge in [-0.25, -0.2) is 0 Å². The van der Waals surface area contributed by atoms with Crippen molar-refractivity contribution >= 4 is 11.8 Å². The van der Waals surface area contributed by atoms with Gasteiger partial charge in [0, 0.05) is 13.5 Å². The first-order valence-corrected chi connectivity index (χ1v) is 7.44. The summed E-state index contributed by atoms with van der Waals surface area (Å²) in [7, 11) is 0. The molecule has 5 atom stereocenters. The molecule has 0 bridgehead atoms. The lowest BCUT2D eigenvalue weighted by Gasteiger charge is -2.42. The van der Waals surface area contributed by atoms with Gasteiger partial charge in [0.1, 0.15) is 24.4 Å². The average molecular weight is 374 g/mol. The molecule has 0 aromatic heterocycles. The lowest BCUT2D eigenvalue weighted by molar-refractivity contribution is -0.270. The predicted octanol–water partition coefficient (Wildman–Crippen LogP) is -1.98. The first kappa shape index (κ1) is 21.6. The number of hydrogen-bond acceptors (Lipinski definition) is 7. The monoisotopic (exact) mass is 374 g/mol. The zero-order chi connectivity index (χ0) is 19.2. The Bertz CT molecular complexity index is 463. The van der Waals surface area contributed by atoms with Crippen LogP contribution in [0.5, 0.6) is 0 Å². The molecule has 12 heteroatoms. The van der Waals surface area contributed by atoms with Gasteiger partial charge in [-0.2, -0.15) is 13.2 Å². The third kappa shape index (κ3) is 6.40. The van der Waals surface area contributed by atoms with Crippen molar-refractivity contribution in [2.24, 2.45) is 0 Å². The highest BCUT2D eigenvalue weighted by Gasteiger charge is 2.45. The van der Waals surface area contributed by atoms with Crippen LogP contribution in [0.4, 0.5) is 13.2 Å². The molecule has 9 nitrogen and oxygen atoms in total. The molecular weight excluding hydrogens is 353 g/mol. The molecule has 0 spiro atoms. The molecular formula is C13H21F3N2O7. The van der Waals surface area contributed by atoms with E-state index in [1.807, 2.05) is 0 Å².